The summed E-state index contributed by atoms with van der Waals surface area (Å²) in [6.07, 6.45) is 1.53. The normalized spacial score (nSPS) is 10.5. The number of ether oxygens (including phenoxy) is 1. The van der Waals surface area contributed by atoms with E-state index in [1.54, 1.807) is 31.4 Å². The van der Waals surface area contributed by atoms with Crippen LogP contribution in [0.3, 0.4) is 0 Å². The van der Waals surface area contributed by atoms with E-state index in [1.165, 1.54) is 6.20 Å². The van der Waals surface area contributed by atoms with Crippen LogP contribution < -0.4 is 4.74 Å². The molecule has 0 aliphatic rings. The van der Waals surface area contributed by atoms with E-state index < -0.39 is 0 Å². The fourth-order valence-corrected chi connectivity index (χ4v) is 2.50. The number of carbonyl (C=O) groups is 1. The van der Waals surface area contributed by atoms with Crippen molar-refractivity contribution in [2.24, 2.45) is 0 Å². The minimum Gasteiger partial charge on any atom is -0.495 e. The summed E-state index contributed by atoms with van der Waals surface area (Å²) >= 11 is 6.15. The molecule has 1 heterocycles. The van der Waals surface area contributed by atoms with Gasteiger partial charge in [0.05, 0.1) is 29.6 Å². The average Bonchev–Trinajstić information content (AvgIpc) is 3.04. The number of halogens is 1. The largest absolute Gasteiger partial charge is 0.495 e. The highest BCUT2D eigenvalue weighted by molar-refractivity contribution is 6.32. The Kier molecular flexibility index (Phi) is 3.94. The van der Waals surface area contributed by atoms with Crippen LogP contribution in [0.2, 0.25) is 5.02 Å². The number of ketones is 1. The van der Waals surface area contributed by atoms with E-state index in [-0.39, 0.29) is 5.78 Å². The van der Waals surface area contributed by atoms with Crippen molar-refractivity contribution in [2.75, 3.05) is 7.11 Å². The number of hydrogen-bond donors (Lipinski definition) is 1. The molecule has 4 nitrogen and oxygen atoms in total. The third-order valence-corrected chi connectivity index (χ3v) is 3.66. The first-order valence-corrected chi connectivity index (χ1v) is 7.05. The number of aromatic amines is 1. The highest BCUT2D eigenvalue weighted by Gasteiger charge is 2.17. The third kappa shape index (κ3) is 2.61. The fourth-order valence-electron chi connectivity index (χ4n) is 2.25. The molecule has 0 bridgehead atoms. The van der Waals surface area contributed by atoms with Crippen molar-refractivity contribution in [1.29, 1.82) is 0 Å². The SMILES string of the molecule is COc1ccc(-c2[nH]ncc2C(=O)c2ccccc2)cc1Cl. The molecule has 0 saturated heterocycles. The molecule has 22 heavy (non-hydrogen) atoms. The van der Waals surface area contributed by atoms with Crippen molar-refractivity contribution in [3.63, 3.8) is 0 Å². The van der Waals surface area contributed by atoms with Crippen LogP contribution >= 0.6 is 11.6 Å². The molecule has 110 valence electrons. The highest BCUT2D eigenvalue weighted by Crippen LogP contribution is 2.31. The summed E-state index contributed by atoms with van der Waals surface area (Å²) in [4.78, 5) is 12.6. The average molecular weight is 313 g/mol. The van der Waals surface area contributed by atoms with Gasteiger partial charge in [0.25, 0.3) is 0 Å². The molecule has 0 unspecified atom stereocenters. The van der Waals surface area contributed by atoms with Crippen molar-refractivity contribution in [3.8, 4) is 17.0 Å². The zero-order chi connectivity index (χ0) is 15.5. The van der Waals surface area contributed by atoms with Gasteiger partial charge in [0.1, 0.15) is 5.75 Å². The van der Waals surface area contributed by atoms with Gasteiger partial charge in [0.2, 0.25) is 0 Å². The number of H-pyrrole nitrogens is 1. The molecule has 3 rings (SSSR count). The fraction of sp³-hybridized carbons (Fsp3) is 0.0588. The topological polar surface area (TPSA) is 55.0 Å². The van der Waals surface area contributed by atoms with E-state index in [9.17, 15) is 4.79 Å². The third-order valence-electron chi connectivity index (χ3n) is 3.36. The molecule has 0 atom stereocenters. The molecule has 3 aromatic rings. The van der Waals surface area contributed by atoms with Crippen molar-refractivity contribution in [3.05, 3.63) is 70.9 Å². The minimum absolute atomic E-state index is 0.0868. The van der Waals surface area contributed by atoms with Gasteiger partial charge in [-0.2, -0.15) is 5.10 Å². The Morgan fingerprint density at radius 2 is 1.95 bits per heavy atom. The summed E-state index contributed by atoms with van der Waals surface area (Å²) in [5, 5.41) is 7.34. The van der Waals surface area contributed by atoms with Gasteiger partial charge in [-0.25, -0.2) is 0 Å². The highest BCUT2D eigenvalue weighted by atomic mass is 35.5. The number of benzene rings is 2. The van der Waals surface area contributed by atoms with E-state index >= 15 is 0 Å². The van der Waals surface area contributed by atoms with E-state index in [0.717, 1.165) is 5.56 Å². The molecule has 0 saturated carbocycles. The Morgan fingerprint density at radius 3 is 2.64 bits per heavy atom. The smallest absolute Gasteiger partial charge is 0.196 e. The number of methoxy groups -OCH3 is 1. The lowest BCUT2D eigenvalue weighted by atomic mass is 10.0. The molecule has 1 N–H and O–H groups in total. The number of carbonyl (C=O) groups excluding carboxylic acids is 1. The van der Waals surface area contributed by atoms with Crippen molar-refractivity contribution >= 4 is 17.4 Å². The predicted molar refractivity (Wildman–Crippen MR) is 85.5 cm³/mol. The quantitative estimate of drug-likeness (QED) is 0.742. The molecule has 0 aliphatic heterocycles. The second-order valence-electron chi connectivity index (χ2n) is 4.70. The molecule has 2 aromatic carbocycles. The Morgan fingerprint density at radius 1 is 1.18 bits per heavy atom. The summed E-state index contributed by atoms with van der Waals surface area (Å²) in [5.74, 6) is 0.497. The predicted octanol–water partition coefficient (Wildman–Crippen LogP) is 3.97. The maximum atomic E-state index is 12.6. The van der Waals surface area contributed by atoms with E-state index in [0.29, 0.717) is 27.6 Å². The van der Waals surface area contributed by atoms with Gasteiger partial charge in [-0.1, -0.05) is 41.9 Å². The minimum atomic E-state index is -0.0868. The zero-order valence-corrected chi connectivity index (χ0v) is 12.6. The summed E-state index contributed by atoms with van der Waals surface area (Å²) in [6.45, 7) is 0. The van der Waals surface area contributed by atoms with Gasteiger partial charge in [0, 0.05) is 11.1 Å². The van der Waals surface area contributed by atoms with E-state index in [2.05, 4.69) is 10.2 Å². The Hall–Kier alpha value is -2.59. The van der Waals surface area contributed by atoms with Crippen molar-refractivity contribution in [2.45, 2.75) is 0 Å². The van der Waals surface area contributed by atoms with Crippen LogP contribution in [0.1, 0.15) is 15.9 Å². The Balaban J connectivity index is 2.02. The molecular weight excluding hydrogens is 300 g/mol. The Labute approximate surface area is 132 Å². The number of hydrogen-bond acceptors (Lipinski definition) is 3. The number of aromatic nitrogens is 2. The number of nitrogens with one attached hydrogen (secondary N) is 1. The van der Waals surface area contributed by atoms with Gasteiger partial charge in [-0.15, -0.1) is 0 Å². The maximum absolute atomic E-state index is 12.6. The molecule has 0 fully saturated rings. The molecule has 0 aliphatic carbocycles. The first kappa shape index (κ1) is 14.4. The first-order valence-electron chi connectivity index (χ1n) is 6.67. The number of nitrogens with zero attached hydrogens (tertiary/aromatic N) is 1. The van der Waals surface area contributed by atoms with Gasteiger partial charge in [-0.3, -0.25) is 9.89 Å². The second-order valence-corrected chi connectivity index (χ2v) is 5.11. The van der Waals surface area contributed by atoms with Gasteiger partial charge in [-0.05, 0) is 18.2 Å². The summed E-state index contributed by atoms with van der Waals surface area (Å²) in [7, 11) is 1.56. The molecular formula is C17H13ClN2O2. The van der Waals surface area contributed by atoms with Crippen LogP contribution in [0.15, 0.2) is 54.7 Å². The Bertz CT molecular complexity index is 813. The first-order chi connectivity index (χ1) is 10.7. The lowest BCUT2D eigenvalue weighted by Crippen LogP contribution is -2.01. The van der Waals surface area contributed by atoms with Gasteiger partial charge in [0.15, 0.2) is 5.78 Å². The lowest BCUT2D eigenvalue weighted by Gasteiger charge is -2.06. The second kappa shape index (κ2) is 6.03. The van der Waals surface area contributed by atoms with Gasteiger partial charge < -0.3 is 4.74 Å². The van der Waals surface area contributed by atoms with Crippen molar-refractivity contribution in [1.82, 2.24) is 10.2 Å². The van der Waals surface area contributed by atoms with E-state index in [4.69, 9.17) is 16.3 Å². The van der Waals surface area contributed by atoms with Crippen LogP contribution in [0.4, 0.5) is 0 Å². The van der Waals surface area contributed by atoms with Crippen LogP contribution in [0, 0.1) is 0 Å². The molecule has 1 aromatic heterocycles. The summed E-state index contributed by atoms with van der Waals surface area (Å²) in [5.41, 5.74) is 2.54. The van der Waals surface area contributed by atoms with Crippen LogP contribution in [-0.2, 0) is 0 Å². The molecule has 0 amide bonds. The molecule has 0 radical (unpaired) electrons. The lowest BCUT2D eigenvalue weighted by molar-refractivity contribution is 0.103. The van der Waals surface area contributed by atoms with Crippen LogP contribution in [0.5, 0.6) is 5.75 Å². The van der Waals surface area contributed by atoms with E-state index in [1.807, 2.05) is 24.3 Å². The van der Waals surface area contributed by atoms with Crippen molar-refractivity contribution < 1.29 is 9.53 Å². The molecule has 5 heteroatoms. The monoisotopic (exact) mass is 312 g/mol. The molecule has 0 spiro atoms. The summed E-state index contributed by atoms with van der Waals surface area (Å²) in [6, 6.07) is 14.4. The standard InChI is InChI=1S/C17H13ClN2O2/c1-22-15-8-7-12(9-14(15)18)16-13(10-19-20-16)17(21)11-5-3-2-4-6-11/h2-10H,1H3,(H,19,20). The van der Waals surface area contributed by atoms with Gasteiger partial charge >= 0.3 is 0 Å². The number of rotatable bonds is 4. The van der Waals surface area contributed by atoms with Crippen LogP contribution in [-0.4, -0.2) is 23.1 Å². The zero-order valence-electron chi connectivity index (χ0n) is 11.8. The summed E-state index contributed by atoms with van der Waals surface area (Å²) < 4.78 is 5.14. The van der Waals surface area contributed by atoms with Crippen LogP contribution in [0.25, 0.3) is 11.3 Å². The maximum Gasteiger partial charge on any atom is 0.196 e.